The molecule has 0 fully saturated rings. The monoisotopic (exact) mass is 613 g/mol. The highest BCUT2D eigenvalue weighted by atomic mass is 16.3. The van der Waals surface area contributed by atoms with E-state index in [1.54, 1.807) is 0 Å². The van der Waals surface area contributed by atoms with E-state index in [9.17, 15) is 0 Å². The molecular weight excluding hydrogens is 583 g/mol. The van der Waals surface area contributed by atoms with Gasteiger partial charge in [0, 0.05) is 38.5 Å². The van der Waals surface area contributed by atoms with Gasteiger partial charge in [0.25, 0.3) is 0 Å². The van der Waals surface area contributed by atoms with Gasteiger partial charge in [-0.25, -0.2) is 0 Å². The third-order valence-electron chi connectivity index (χ3n) is 9.27. The SMILES string of the molecule is c1ccc(-c2ccc(-c3ccc(N(c4ccccc4)c4cc5c6cccc(-c7ccccc7)c6oc5c5ccccc45)cc3)cc2)cc1. The minimum atomic E-state index is 0.912. The lowest BCUT2D eigenvalue weighted by molar-refractivity contribution is 0.674. The van der Waals surface area contributed by atoms with Crippen LogP contribution in [0.3, 0.4) is 0 Å². The fourth-order valence-electron chi connectivity index (χ4n) is 6.92. The molecule has 0 aliphatic heterocycles. The Morgan fingerprint density at radius 3 is 1.42 bits per heavy atom. The fraction of sp³-hybridized carbons (Fsp3) is 0. The van der Waals surface area contributed by atoms with Gasteiger partial charge >= 0.3 is 0 Å². The molecule has 0 atom stereocenters. The zero-order chi connectivity index (χ0) is 31.9. The Labute approximate surface area is 279 Å². The molecule has 48 heavy (non-hydrogen) atoms. The van der Waals surface area contributed by atoms with Crippen molar-refractivity contribution in [1.82, 2.24) is 0 Å². The van der Waals surface area contributed by atoms with Gasteiger partial charge in [-0.2, -0.15) is 0 Å². The maximum atomic E-state index is 6.78. The number of benzene rings is 8. The van der Waals surface area contributed by atoms with Gasteiger partial charge in [-0.3, -0.25) is 0 Å². The minimum absolute atomic E-state index is 0.912. The summed E-state index contributed by atoms with van der Waals surface area (Å²) >= 11 is 0. The number of hydrogen-bond acceptors (Lipinski definition) is 2. The Kier molecular flexibility index (Phi) is 6.84. The summed E-state index contributed by atoms with van der Waals surface area (Å²) in [5, 5.41) is 4.44. The molecule has 0 aliphatic carbocycles. The second kappa shape index (κ2) is 11.8. The Bertz CT molecular complexity index is 2520. The van der Waals surface area contributed by atoms with Crippen LogP contribution in [0.25, 0.3) is 66.1 Å². The molecule has 0 spiro atoms. The van der Waals surface area contributed by atoms with E-state index in [-0.39, 0.29) is 0 Å². The van der Waals surface area contributed by atoms with Crippen LogP contribution in [-0.2, 0) is 0 Å². The van der Waals surface area contributed by atoms with Crippen molar-refractivity contribution >= 4 is 49.8 Å². The summed E-state index contributed by atoms with van der Waals surface area (Å²) in [6, 6.07) is 66.7. The average Bonchev–Trinajstić information content (AvgIpc) is 3.56. The molecular formula is C46H31NO. The number of fused-ring (bicyclic) bond motifs is 5. The average molecular weight is 614 g/mol. The largest absolute Gasteiger partial charge is 0.455 e. The third kappa shape index (κ3) is 4.83. The summed E-state index contributed by atoms with van der Waals surface area (Å²) in [7, 11) is 0. The highest BCUT2D eigenvalue weighted by Gasteiger charge is 2.21. The predicted molar refractivity (Wildman–Crippen MR) is 202 cm³/mol. The van der Waals surface area contributed by atoms with Crippen molar-refractivity contribution in [3.8, 4) is 33.4 Å². The van der Waals surface area contributed by atoms with Crippen molar-refractivity contribution in [2.75, 3.05) is 4.90 Å². The van der Waals surface area contributed by atoms with E-state index in [0.717, 1.165) is 60.9 Å². The van der Waals surface area contributed by atoms with Crippen molar-refractivity contribution < 1.29 is 4.42 Å². The van der Waals surface area contributed by atoms with E-state index in [2.05, 4.69) is 187 Å². The molecule has 226 valence electrons. The van der Waals surface area contributed by atoms with Crippen molar-refractivity contribution in [3.05, 3.63) is 188 Å². The van der Waals surface area contributed by atoms with Crippen LogP contribution >= 0.6 is 0 Å². The maximum absolute atomic E-state index is 6.78. The minimum Gasteiger partial charge on any atom is -0.455 e. The van der Waals surface area contributed by atoms with Crippen LogP contribution in [0.1, 0.15) is 0 Å². The van der Waals surface area contributed by atoms with Gasteiger partial charge in [0.1, 0.15) is 11.2 Å². The van der Waals surface area contributed by atoms with Gasteiger partial charge in [-0.05, 0) is 58.1 Å². The van der Waals surface area contributed by atoms with Crippen molar-refractivity contribution in [2.24, 2.45) is 0 Å². The van der Waals surface area contributed by atoms with Gasteiger partial charge in [0.15, 0.2) is 0 Å². The molecule has 2 nitrogen and oxygen atoms in total. The molecule has 0 N–H and O–H groups in total. The lowest BCUT2D eigenvalue weighted by Gasteiger charge is -2.27. The van der Waals surface area contributed by atoms with E-state index >= 15 is 0 Å². The predicted octanol–water partition coefficient (Wildman–Crippen LogP) is 13.2. The number of rotatable bonds is 6. The molecule has 0 unspecified atom stereocenters. The van der Waals surface area contributed by atoms with Crippen LogP contribution < -0.4 is 4.90 Å². The lowest BCUT2D eigenvalue weighted by atomic mass is 9.99. The van der Waals surface area contributed by atoms with Gasteiger partial charge in [0.05, 0.1) is 5.69 Å². The summed E-state index contributed by atoms with van der Waals surface area (Å²) in [5.41, 5.74) is 12.2. The quantitative estimate of drug-likeness (QED) is 0.185. The first-order valence-electron chi connectivity index (χ1n) is 16.4. The van der Waals surface area contributed by atoms with E-state index in [1.165, 1.54) is 22.3 Å². The molecule has 1 heterocycles. The maximum Gasteiger partial charge on any atom is 0.143 e. The zero-order valence-electron chi connectivity index (χ0n) is 26.3. The van der Waals surface area contributed by atoms with Crippen LogP contribution in [-0.4, -0.2) is 0 Å². The van der Waals surface area contributed by atoms with E-state index in [0.29, 0.717) is 0 Å². The molecule has 2 heteroatoms. The summed E-state index contributed by atoms with van der Waals surface area (Å²) in [6.45, 7) is 0. The number of furan rings is 1. The standard InChI is InChI=1S/C46H31NO/c1-4-13-32(14-5-1)33-23-25-34(26-24-33)35-27-29-38(30-28-35)47(37-17-8-3-9-18-37)44-31-43-42-22-12-21-39(36-15-6-2-7-16-36)45(42)48-46(43)41-20-11-10-19-40(41)44/h1-31H. The molecule has 0 bridgehead atoms. The summed E-state index contributed by atoms with van der Waals surface area (Å²) in [6.07, 6.45) is 0. The molecule has 0 saturated heterocycles. The highest BCUT2D eigenvalue weighted by Crippen LogP contribution is 2.46. The van der Waals surface area contributed by atoms with Crippen LogP contribution in [0.15, 0.2) is 192 Å². The Morgan fingerprint density at radius 2 is 0.771 bits per heavy atom. The molecule has 1 aromatic heterocycles. The van der Waals surface area contributed by atoms with E-state index in [4.69, 9.17) is 4.42 Å². The molecule has 9 aromatic rings. The lowest BCUT2D eigenvalue weighted by Crippen LogP contribution is -2.10. The summed E-state index contributed by atoms with van der Waals surface area (Å²) < 4.78 is 6.78. The van der Waals surface area contributed by atoms with Crippen LogP contribution in [0.4, 0.5) is 17.1 Å². The molecule has 0 aliphatic rings. The third-order valence-corrected chi connectivity index (χ3v) is 9.27. The zero-order valence-corrected chi connectivity index (χ0v) is 26.3. The number of para-hydroxylation sites is 2. The van der Waals surface area contributed by atoms with Crippen molar-refractivity contribution in [1.29, 1.82) is 0 Å². The van der Waals surface area contributed by atoms with E-state index in [1.807, 2.05) is 6.07 Å². The number of nitrogens with zero attached hydrogens (tertiary/aromatic N) is 1. The molecule has 0 saturated carbocycles. The number of anilines is 3. The Hall–Kier alpha value is -6.38. The van der Waals surface area contributed by atoms with Crippen LogP contribution in [0.5, 0.6) is 0 Å². The second-order valence-corrected chi connectivity index (χ2v) is 12.1. The van der Waals surface area contributed by atoms with Crippen molar-refractivity contribution in [2.45, 2.75) is 0 Å². The van der Waals surface area contributed by atoms with Crippen LogP contribution in [0.2, 0.25) is 0 Å². The van der Waals surface area contributed by atoms with Gasteiger partial charge < -0.3 is 9.32 Å². The van der Waals surface area contributed by atoms with Crippen molar-refractivity contribution in [3.63, 3.8) is 0 Å². The second-order valence-electron chi connectivity index (χ2n) is 12.1. The molecule has 0 amide bonds. The first kappa shape index (κ1) is 27.9. The molecule has 0 radical (unpaired) electrons. The first-order chi connectivity index (χ1) is 23.8. The molecule has 8 aromatic carbocycles. The number of hydrogen-bond donors (Lipinski definition) is 0. The van der Waals surface area contributed by atoms with Gasteiger partial charge in [0.2, 0.25) is 0 Å². The smallest absolute Gasteiger partial charge is 0.143 e. The van der Waals surface area contributed by atoms with Gasteiger partial charge in [-0.15, -0.1) is 0 Å². The summed E-state index contributed by atoms with van der Waals surface area (Å²) in [4.78, 5) is 2.37. The Balaban J connectivity index is 1.20. The normalized spacial score (nSPS) is 11.3. The topological polar surface area (TPSA) is 16.4 Å². The van der Waals surface area contributed by atoms with E-state index < -0.39 is 0 Å². The molecule has 9 rings (SSSR count). The first-order valence-corrected chi connectivity index (χ1v) is 16.4. The fourth-order valence-corrected chi connectivity index (χ4v) is 6.92. The van der Waals surface area contributed by atoms with Gasteiger partial charge in [-0.1, -0.05) is 158 Å². The van der Waals surface area contributed by atoms with Crippen LogP contribution in [0, 0.1) is 0 Å². The highest BCUT2D eigenvalue weighted by molar-refractivity contribution is 6.21. The summed E-state index contributed by atoms with van der Waals surface area (Å²) in [5.74, 6) is 0. The Morgan fingerprint density at radius 1 is 0.312 bits per heavy atom.